The lowest BCUT2D eigenvalue weighted by Crippen LogP contribution is -2.42. The lowest BCUT2D eigenvalue weighted by Gasteiger charge is -2.25. The fourth-order valence-electron chi connectivity index (χ4n) is 6.97. The summed E-state index contributed by atoms with van der Waals surface area (Å²) in [5.74, 6) is 0.805. The Labute approximate surface area is 381 Å². The van der Waals surface area contributed by atoms with Crippen molar-refractivity contribution in [2.75, 3.05) is 52.9 Å². The monoisotopic (exact) mass is 867 g/mol. The van der Waals surface area contributed by atoms with Crippen LogP contribution in [0, 0.1) is 0 Å². The standard InChI is InChI=1S/C50H89B3O9/c1-5-9-13-15-17-19-21-23-25-33-41-56-52(57-42-34-26-24-22-20-18-16-14-10-6-2)61-47-50(62-53(58-39-11-7-3)59-40-12-8-4)46-60-51(45-48-35-29-27-30-36-48)55-44-43-54-49-37-31-28-32-38-49/h27-32,35-38,50H,5-26,33-34,39-47H2,1-4H3. The van der Waals surface area contributed by atoms with Gasteiger partial charge in [-0.25, -0.2) is 0 Å². The minimum atomic E-state index is -0.850. The van der Waals surface area contributed by atoms with Gasteiger partial charge in [-0.05, 0) is 37.8 Å². The molecule has 0 aromatic heterocycles. The molecular weight excluding hydrogens is 777 g/mol. The van der Waals surface area contributed by atoms with Crippen molar-refractivity contribution in [3.05, 3.63) is 66.2 Å². The number of ether oxygens (including phenoxy) is 1. The Bertz CT molecular complexity index is 1150. The molecule has 0 fully saturated rings. The SMILES string of the molecule is CCCCCCCCCCCCOB(OCCCCCCCCCCCC)OCC(COB(Cc1ccccc1)OCCOc1ccccc1)OB(OCCCC)OCCCC. The zero-order chi connectivity index (χ0) is 44.2. The molecule has 0 saturated heterocycles. The van der Waals surface area contributed by atoms with Crippen molar-refractivity contribution in [3.63, 3.8) is 0 Å². The maximum Gasteiger partial charge on any atom is 0.639 e. The predicted molar refractivity (Wildman–Crippen MR) is 259 cm³/mol. The van der Waals surface area contributed by atoms with Crippen LogP contribution < -0.4 is 4.74 Å². The first kappa shape index (κ1) is 56.2. The molecule has 1 unspecified atom stereocenters. The highest BCUT2D eigenvalue weighted by Gasteiger charge is 2.31. The van der Waals surface area contributed by atoms with Crippen LogP contribution in [0.5, 0.6) is 5.75 Å². The van der Waals surface area contributed by atoms with Gasteiger partial charge in [0, 0.05) is 32.7 Å². The Balaban J connectivity index is 2.06. The molecule has 9 nitrogen and oxygen atoms in total. The van der Waals surface area contributed by atoms with E-state index in [-0.39, 0.29) is 13.2 Å². The van der Waals surface area contributed by atoms with Crippen molar-refractivity contribution in [1.29, 1.82) is 0 Å². The molecule has 2 rings (SSSR count). The molecule has 62 heavy (non-hydrogen) atoms. The second-order valence-corrected chi connectivity index (χ2v) is 16.7. The minimum Gasteiger partial charge on any atom is -0.491 e. The fourth-order valence-corrected chi connectivity index (χ4v) is 6.97. The zero-order valence-corrected chi connectivity index (χ0v) is 40.1. The Morgan fingerprint density at radius 2 is 0.790 bits per heavy atom. The third-order valence-electron chi connectivity index (χ3n) is 10.8. The van der Waals surface area contributed by atoms with Gasteiger partial charge in [0.25, 0.3) is 0 Å². The summed E-state index contributed by atoms with van der Waals surface area (Å²) in [4.78, 5) is 0. The quantitative estimate of drug-likeness (QED) is 0.0477. The molecule has 0 spiro atoms. The Morgan fingerprint density at radius 1 is 0.371 bits per heavy atom. The highest BCUT2D eigenvalue weighted by atomic mass is 16.8. The van der Waals surface area contributed by atoms with Crippen LogP contribution in [-0.2, 0) is 43.6 Å². The Hall–Kier alpha value is -1.89. The third kappa shape index (κ3) is 33.6. The van der Waals surface area contributed by atoms with Crippen LogP contribution in [0.1, 0.15) is 187 Å². The zero-order valence-electron chi connectivity index (χ0n) is 40.1. The molecule has 12 heteroatoms. The molecule has 0 saturated carbocycles. The van der Waals surface area contributed by atoms with E-state index in [1.807, 2.05) is 48.5 Å². The van der Waals surface area contributed by atoms with Crippen LogP contribution in [0.4, 0.5) is 0 Å². The van der Waals surface area contributed by atoms with Crippen LogP contribution in [0.3, 0.4) is 0 Å². The van der Waals surface area contributed by atoms with Crippen molar-refractivity contribution in [2.24, 2.45) is 0 Å². The van der Waals surface area contributed by atoms with E-state index in [0.717, 1.165) is 62.7 Å². The number of para-hydroxylation sites is 1. The van der Waals surface area contributed by atoms with E-state index >= 15 is 0 Å². The van der Waals surface area contributed by atoms with Crippen molar-refractivity contribution < 1.29 is 42.0 Å². The second kappa shape index (κ2) is 43.0. The molecule has 1 atom stereocenters. The van der Waals surface area contributed by atoms with Gasteiger partial charge in [-0.3, -0.25) is 0 Å². The molecule has 0 aliphatic carbocycles. The molecule has 0 N–H and O–H groups in total. The summed E-state index contributed by atoms with van der Waals surface area (Å²) in [6.45, 7) is 12.2. The summed E-state index contributed by atoms with van der Waals surface area (Å²) in [7, 11) is -2.19. The first-order valence-electron chi connectivity index (χ1n) is 25.4. The molecule has 0 amide bonds. The predicted octanol–water partition coefficient (Wildman–Crippen LogP) is 13.2. The van der Waals surface area contributed by atoms with Gasteiger partial charge in [0.1, 0.15) is 12.4 Å². The van der Waals surface area contributed by atoms with E-state index in [9.17, 15) is 0 Å². The Morgan fingerprint density at radius 3 is 1.29 bits per heavy atom. The van der Waals surface area contributed by atoms with Crippen molar-refractivity contribution in [1.82, 2.24) is 0 Å². The molecule has 352 valence electrons. The van der Waals surface area contributed by atoms with Crippen LogP contribution >= 0.6 is 0 Å². The largest absolute Gasteiger partial charge is 0.639 e. The van der Waals surface area contributed by atoms with E-state index in [4.69, 9.17) is 42.0 Å². The van der Waals surface area contributed by atoms with Gasteiger partial charge in [0.05, 0.1) is 25.9 Å². The molecule has 2 aromatic rings. The van der Waals surface area contributed by atoms with Gasteiger partial charge in [-0.1, -0.05) is 210 Å². The van der Waals surface area contributed by atoms with E-state index in [1.165, 1.54) is 103 Å². The van der Waals surface area contributed by atoms with Gasteiger partial charge in [0.15, 0.2) is 0 Å². The molecule has 0 bridgehead atoms. The third-order valence-corrected chi connectivity index (χ3v) is 10.8. The number of benzene rings is 2. The summed E-state index contributed by atoms with van der Waals surface area (Å²) >= 11 is 0. The topological polar surface area (TPSA) is 83.1 Å². The summed E-state index contributed by atoms with van der Waals surface area (Å²) in [5, 5.41) is 0. The summed E-state index contributed by atoms with van der Waals surface area (Å²) in [6.07, 6.45) is 29.3. The van der Waals surface area contributed by atoms with E-state index in [1.54, 1.807) is 0 Å². The maximum atomic E-state index is 6.52. The average molecular weight is 867 g/mol. The van der Waals surface area contributed by atoms with Crippen LogP contribution in [0.25, 0.3) is 0 Å². The molecule has 2 aromatic carbocycles. The van der Waals surface area contributed by atoms with Crippen LogP contribution in [-0.4, -0.2) is 80.7 Å². The first-order chi connectivity index (χ1) is 30.7. The second-order valence-electron chi connectivity index (χ2n) is 16.7. The average Bonchev–Trinajstić information content (AvgIpc) is 3.29. The van der Waals surface area contributed by atoms with Gasteiger partial charge in [-0.15, -0.1) is 0 Å². The summed E-state index contributed by atoms with van der Waals surface area (Å²) < 4.78 is 56.5. The molecule has 0 aliphatic heterocycles. The lowest BCUT2D eigenvalue weighted by atomic mass is 9.80. The normalized spacial score (nSPS) is 11.9. The Kier molecular flexibility index (Phi) is 39.0. The maximum absolute atomic E-state index is 6.52. The lowest BCUT2D eigenvalue weighted by molar-refractivity contribution is -0.00949. The number of hydrogen-bond acceptors (Lipinski definition) is 9. The minimum absolute atomic E-state index is 0.167. The van der Waals surface area contributed by atoms with E-state index in [0.29, 0.717) is 46.0 Å². The molecule has 0 radical (unpaired) electrons. The molecule has 0 heterocycles. The van der Waals surface area contributed by atoms with Crippen LogP contribution in [0.15, 0.2) is 60.7 Å². The summed E-state index contributed by atoms with van der Waals surface area (Å²) in [6, 6.07) is 20.0. The fraction of sp³-hybridized carbons (Fsp3) is 0.760. The highest BCUT2D eigenvalue weighted by molar-refractivity contribution is 6.43. The molecular formula is C50H89B3O9. The van der Waals surface area contributed by atoms with Crippen LogP contribution in [0.2, 0.25) is 0 Å². The van der Waals surface area contributed by atoms with Crippen molar-refractivity contribution in [3.8, 4) is 5.75 Å². The van der Waals surface area contributed by atoms with Crippen molar-refractivity contribution in [2.45, 2.75) is 194 Å². The van der Waals surface area contributed by atoms with Crippen molar-refractivity contribution >= 4 is 21.8 Å². The van der Waals surface area contributed by atoms with E-state index < -0.39 is 27.9 Å². The smallest absolute Gasteiger partial charge is 0.491 e. The number of rotatable bonds is 47. The van der Waals surface area contributed by atoms with Gasteiger partial charge in [0.2, 0.25) is 0 Å². The molecule has 0 aliphatic rings. The number of unbranched alkanes of at least 4 members (excludes halogenated alkanes) is 20. The van der Waals surface area contributed by atoms with Gasteiger partial charge >= 0.3 is 21.8 Å². The van der Waals surface area contributed by atoms with Gasteiger partial charge in [-0.2, -0.15) is 0 Å². The van der Waals surface area contributed by atoms with Gasteiger partial charge < -0.3 is 42.0 Å². The number of hydrogen-bond donors (Lipinski definition) is 0. The van der Waals surface area contributed by atoms with E-state index in [2.05, 4.69) is 39.8 Å². The summed E-state index contributed by atoms with van der Waals surface area (Å²) in [5.41, 5.74) is 1.11. The first-order valence-corrected chi connectivity index (χ1v) is 25.4. The highest BCUT2D eigenvalue weighted by Crippen LogP contribution is 2.15.